The summed E-state index contributed by atoms with van der Waals surface area (Å²) in [6.07, 6.45) is 7.61. The summed E-state index contributed by atoms with van der Waals surface area (Å²) in [6, 6.07) is 7.92. The summed E-state index contributed by atoms with van der Waals surface area (Å²) in [5.74, 6) is 0.981. The van der Waals surface area contributed by atoms with Gasteiger partial charge in [-0.2, -0.15) is 0 Å². The lowest BCUT2D eigenvalue weighted by Crippen LogP contribution is -2.51. The largest absolute Gasteiger partial charge is 0.497 e. The second-order valence-electron chi connectivity index (χ2n) is 6.63. The van der Waals surface area contributed by atoms with Crippen molar-refractivity contribution in [3.05, 3.63) is 29.3 Å². The van der Waals surface area contributed by atoms with Crippen molar-refractivity contribution in [2.75, 3.05) is 13.7 Å². The van der Waals surface area contributed by atoms with Gasteiger partial charge in [-0.15, -0.1) is 0 Å². The molecular formula is C18H28N2O. The molecule has 1 heterocycles. The third-order valence-corrected chi connectivity index (χ3v) is 5.24. The number of fused-ring (bicyclic) bond motifs is 1. The molecule has 0 aromatic heterocycles. The second kappa shape index (κ2) is 6.37. The summed E-state index contributed by atoms with van der Waals surface area (Å²) in [5, 5.41) is 0. The summed E-state index contributed by atoms with van der Waals surface area (Å²) in [5.41, 5.74) is 9.25. The molecule has 0 amide bonds. The molecule has 2 N–H and O–H groups in total. The van der Waals surface area contributed by atoms with Crippen molar-refractivity contribution in [1.82, 2.24) is 4.90 Å². The van der Waals surface area contributed by atoms with E-state index in [1.807, 2.05) is 0 Å². The number of rotatable bonds is 3. The lowest BCUT2D eigenvalue weighted by molar-refractivity contribution is 0.0715. The van der Waals surface area contributed by atoms with Gasteiger partial charge in [-0.05, 0) is 68.8 Å². The average molecular weight is 288 g/mol. The molecule has 0 spiro atoms. The van der Waals surface area contributed by atoms with Crippen LogP contribution in [-0.4, -0.2) is 30.6 Å². The first kappa shape index (κ1) is 14.9. The molecule has 0 saturated carbocycles. The third-order valence-electron chi connectivity index (χ3n) is 5.24. The quantitative estimate of drug-likeness (QED) is 0.927. The van der Waals surface area contributed by atoms with Crippen LogP contribution in [0.1, 0.15) is 56.2 Å². The highest BCUT2D eigenvalue weighted by atomic mass is 16.5. The van der Waals surface area contributed by atoms with E-state index >= 15 is 0 Å². The van der Waals surface area contributed by atoms with E-state index in [-0.39, 0.29) is 6.04 Å². The van der Waals surface area contributed by atoms with Gasteiger partial charge in [-0.1, -0.05) is 12.5 Å². The van der Waals surface area contributed by atoms with Crippen LogP contribution in [0.5, 0.6) is 5.75 Å². The summed E-state index contributed by atoms with van der Waals surface area (Å²) in [6.45, 7) is 3.35. The molecule has 1 aromatic carbocycles. The van der Waals surface area contributed by atoms with Gasteiger partial charge in [0, 0.05) is 18.1 Å². The van der Waals surface area contributed by atoms with Crippen LogP contribution in [0.4, 0.5) is 0 Å². The highest BCUT2D eigenvalue weighted by Gasteiger charge is 2.34. The van der Waals surface area contributed by atoms with Gasteiger partial charge in [0.05, 0.1) is 7.11 Å². The molecule has 1 fully saturated rings. The van der Waals surface area contributed by atoms with E-state index in [0.717, 1.165) is 5.75 Å². The number of hydrogen-bond acceptors (Lipinski definition) is 3. The van der Waals surface area contributed by atoms with E-state index in [4.69, 9.17) is 10.5 Å². The highest BCUT2D eigenvalue weighted by Crippen LogP contribution is 2.39. The van der Waals surface area contributed by atoms with Crippen molar-refractivity contribution < 1.29 is 4.74 Å². The number of hydrogen-bond donors (Lipinski definition) is 1. The maximum Gasteiger partial charge on any atom is 0.119 e. The summed E-state index contributed by atoms with van der Waals surface area (Å²) >= 11 is 0. The molecule has 2 aliphatic rings. The first-order chi connectivity index (χ1) is 10.2. The number of ether oxygens (including phenoxy) is 1. The van der Waals surface area contributed by atoms with Gasteiger partial charge in [0.15, 0.2) is 0 Å². The average Bonchev–Trinajstić information content (AvgIpc) is 2.53. The van der Waals surface area contributed by atoms with Gasteiger partial charge in [-0.3, -0.25) is 4.90 Å². The maximum absolute atomic E-state index is 6.27. The van der Waals surface area contributed by atoms with E-state index < -0.39 is 0 Å². The topological polar surface area (TPSA) is 38.5 Å². The standard InChI is InChI=1S/C18H28N2O/c1-13(19)17-7-3-4-11-20(17)18-8-5-6-14-9-10-15(21-2)12-16(14)18/h9-10,12-13,17-18H,3-8,11,19H2,1-2H3. The molecule has 21 heavy (non-hydrogen) atoms. The monoisotopic (exact) mass is 288 g/mol. The molecule has 1 aliphatic carbocycles. The molecule has 3 rings (SSSR count). The predicted octanol–water partition coefficient (Wildman–Crippen LogP) is 3.27. The Morgan fingerprint density at radius 3 is 2.86 bits per heavy atom. The predicted molar refractivity (Wildman–Crippen MR) is 86.7 cm³/mol. The van der Waals surface area contributed by atoms with Crippen molar-refractivity contribution >= 4 is 0 Å². The molecule has 3 nitrogen and oxygen atoms in total. The summed E-state index contributed by atoms with van der Waals surface area (Å²) in [7, 11) is 1.76. The number of nitrogens with zero attached hydrogens (tertiary/aromatic N) is 1. The molecule has 3 heteroatoms. The van der Waals surface area contributed by atoms with E-state index in [2.05, 4.69) is 30.0 Å². The Kier molecular flexibility index (Phi) is 4.51. The fourth-order valence-electron chi connectivity index (χ4n) is 4.16. The first-order valence-electron chi connectivity index (χ1n) is 8.39. The zero-order valence-corrected chi connectivity index (χ0v) is 13.3. The van der Waals surface area contributed by atoms with Crippen LogP contribution in [-0.2, 0) is 6.42 Å². The van der Waals surface area contributed by atoms with Crippen LogP contribution in [0, 0.1) is 0 Å². The Bertz CT molecular complexity index is 486. The fraction of sp³-hybridized carbons (Fsp3) is 0.667. The van der Waals surface area contributed by atoms with E-state index in [0.29, 0.717) is 12.1 Å². The van der Waals surface area contributed by atoms with Crippen LogP contribution in [0.25, 0.3) is 0 Å². The SMILES string of the molecule is COc1ccc2c(c1)C(N1CCCCC1C(C)N)CCC2. The minimum atomic E-state index is 0.251. The zero-order valence-electron chi connectivity index (χ0n) is 13.3. The van der Waals surface area contributed by atoms with Gasteiger partial charge in [0.25, 0.3) is 0 Å². The molecule has 1 aromatic rings. The Labute approximate surface area is 128 Å². The molecule has 3 atom stereocenters. The third kappa shape index (κ3) is 2.95. The minimum Gasteiger partial charge on any atom is -0.497 e. The van der Waals surface area contributed by atoms with Gasteiger partial charge < -0.3 is 10.5 Å². The summed E-state index contributed by atoms with van der Waals surface area (Å²) < 4.78 is 5.45. The lowest BCUT2D eigenvalue weighted by Gasteiger charge is -2.45. The van der Waals surface area contributed by atoms with Crippen molar-refractivity contribution in [3.8, 4) is 5.75 Å². The fourth-order valence-corrected chi connectivity index (χ4v) is 4.16. The Balaban J connectivity index is 1.92. The minimum absolute atomic E-state index is 0.251. The Morgan fingerprint density at radius 1 is 1.24 bits per heavy atom. The molecule has 0 radical (unpaired) electrons. The first-order valence-corrected chi connectivity index (χ1v) is 8.39. The molecule has 1 saturated heterocycles. The van der Waals surface area contributed by atoms with Gasteiger partial charge in [0.2, 0.25) is 0 Å². The second-order valence-corrected chi connectivity index (χ2v) is 6.63. The Morgan fingerprint density at radius 2 is 2.10 bits per heavy atom. The number of nitrogens with two attached hydrogens (primary N) is 1. The van der Waals surface area contributed by atoms with E-state index in [9.17, 15) is 0 Å². The van der Waals surface area contributed by atoms with Crippen molar-refractivity contribution in [2.24, 2.45) is 5.73 Å². The van der Waals surface area contributed by atoms with Crippen LogP contribution >= 0.6 is 0 Å². The molecule has 116 valence electrons. The number of piperidine rings is 1. The van der Waals surface area contributed by atoms with Crippen LogP contribution in [0.15, 0.2) is 18.2 Å². The van der Waals surface area contributed by atoms with E-state index in [1.165, 1.54) is 56.2 Å². The smallest absolute Gasteiger partial charge is 0.119 e. The number of benzene rings is 1. The molecule has 0 bridgehead atoms. The van der Waals surface area contributed by atoms with Crippen LogP contribution in [0.3, 0.4) is 0 Å². The normalized spacial score (nSPS) is 28.0. The maximum atomic E-state index is 6.27. The van der Waals surface area contributed by atoms with Crippen molar-refractivity contribution in [2.45, 2.75) is 63.6 Å². The highest BCUT2D eigenvalue weighted by molar-refractivity contribution is 5.39. The van der Waals surface area contributed by atoms with Gasteiger partial charge >= 0.3 is 0 Å². The number of methoxy groups -OCH3 is 1. The van der Waals surface area contributed by atoms with Crippen LogP contribution in [0.2, 0.25) is 0 Å². The zero-order chi connectivity index (χ0) is 14.8. The molecule has 1 aliphatic heterocycles. The van der Waals surface area contributed by atoms with Crippen LogP contribution < -0.4 is 10.5 Å². The molecular weight excluding hydrogens is 260 g/mol. The van der Waals surface area contributed by atoms with Crippen molar-refractivity contribution in [1.29, 1.82) is 0 Å². The molecule has 3 unspecified atom stereocenters. The van der Waals surface area contributed by atoms with E-state index in [1.54, 1.807) is 7.11 Å². The van der Waals surface area contributed by atoms with Crippen molar-refractivity contribution in [3.63, 3.8) is 0 Å². The number of likely N-dealkylation sites (tertiary alicyclic amines) is 1. The van der Waals surface area contributed by atoms with Gasteiger partial charge in [-0.25, -0.2) is 0 Å². The number of aryl methyl sites for hydroxylation is 1. The lowest BCUT2D eigenvalue weighted by atomic mass is 9.83. The van der Waals surface area contributed by atoms with Gasteiger partial charge in [0.1, 0.15) is 5.75 Å². The summed E-state index contributed by atoms with van der Waals surface area (Å²) in [4.78, 5) is 2.69. The Hall–Kier alpha value is -1.06.